The molecule has 0 spiro atoms. The molecule has 3 rings (SSSR count). The fourth-order valence-electron chi connectivity index (χ4n) is 2.88. The average Bonchev–Trinajstić information content (AvgIpc) is 2.93. The van der Waals surface area contributed by atoms with Crippen molar-refractivity contribution in [3.8, 4) is 5.75 Å². The number of aromatic nitrogens is 1. The number of hydrogen-bond donors (Lipinski definition) is 2. The van der Waals surface area contributed by atoms with Crippen LogP contribution in [0.25, 0.3) is 10.9 Å². The minimum Gasteiger partial charge on any atom is -0.494 e. The summed E-state index contributed by atoms with van der Waals surface area (Å²) >= 11 is 0. The van der Waals surface area contributed by atoms with Crippen LogP contribution in [0.4, 0.5) is 0 Å². The summed E-state index contributed by atoms with van der Waals surface area (Å²) in [7, 11) is 0. The van der Waals surface area contributed by atoms with Crippen LogP contribution in [-0.2, 0) is 0 Å². The smallest absolute Gasteiger partial charge is 0.270 e. The Morgan fingerprint density at radius 1 is 1.45 bits per heavy atom. The maximum atomic E-state index is 12.6. The van der Waals surface area contributed by atoms with E-state index in [2.05, 4.69) is 4.98 Å². The van der Waals surface area contributed by atoms with E-state index in [-0.39, 0.29) is 11.8 Å². The predicted molar refractivity (Wildman–Crippen MR) is 85.2 cm³/mol. The number of piperidine rings is 1. The number of ether oxygens (including phenoxy) is 1. The van der Waals surface area contributed by atoms with E-state index < -0.39 is 6.10 Å². The number of fused-ring (bicyclic) bond motifs is 1. The number of aliphatic hydroxyl groups is 1. The second kappa shape index (κ2) is 6.01. The van der Waals surface area contributed by atoms with Crippen molar-refractivity contribution in [1.29, 1.82) is 0 Å². The van der Waals surface area contributed by atoms with Crippen LogP contribution in [0.1, 0.15) is 30.8 Å². The fraction of sp³-hybridized carbons (Fsp3) is 0.471. The topological polar surface area (TPSA) is 65.6 Å². The molecule has 1 aliphatic heterocycles. The van der Waals surface area contributed by atoms with E-state index in [1.54, 1.807) is 4.90 Å². The molecular weight excluding hydrogens is 280 g/mol. The number of benzene rings is 1. The van der Waals surface area contributed by atoms with Crippen molar-refractivity contribution in [2.24, 2.45) is 5.92 Å². The lowest BCUT2D eigenvalue weighted by molar-refractivity contribution is 0.0246. The van der Waals surface area contributed by atoms with Crippen molar-refractivity contribution in [3.05, 3.63) is 30.0 Å². The number of β-amino-alcohol motifs (C(OH)–C–C–N with tert-alkyl or cyclic N) is 1. The Hall–Kier alpha value is -2.01. The van der Waals surface area contributed by atoms with Gasteiger partial charge in [-0.15, -0.1) is 0 Å². The summed E-state index contributed by atoms with van der Waals surface area (Å²) in [6, 6.07) is 7.61. The summed E-state index contributed by atoms with van der Waals surface area (Å²) in [5.41, 5.74) is 1.45. The molecule has 22 heavy (non-hydrogen) atoms. The minimum atomic E-state index is -0.438. The number of carbonyl (C=O) groups is 1. The van der Waals surface area contributed by atoms with Crippen LogP contribution in [0, 0.1) is 5.92 Å². The molecule has 5 heteroatoms. The molecule has 0 aliphatic carbocycles. The molecule has 2 heterocycles. The summed E-state index contributed by atoms with van der Waals surface area (Å²) in [4.78, 5) is 17.5. The van der Waals surface area contributed by atoms with Crippen molar-refractivity contribution in [3.63, 3.8) is 0 Å². The standard InChI is InChI=1S/C17H22N2O3/c1-3-22-13-5-4-12-8-15(18-14(12)9-13)17(21)19-7-6-11(2)16(20)10-19/h4-5,8-9,11,16,18,20H,3,6-7,10H2,1-2H3. The lowest BCUT2D eigenvalue weighted by Gasteiger charge is -2.34. The first-order chi connectivity index (χ1) is 10.6. The summed E-state index contributed by atoms with van der Waals surface area (Å²) in [5, 5.41) is 10.9. The molecule has 1 saturated heterocycles. The Morgan fingerprint density at radius 2 is 2.27 bits per heavy atom. The van der Waals surface area contributed by atoms with E-state index in [0.717, 1.165) is 23.1 Å². The number of nitrogens with one attached hydrogen (secondary N) is 1. The summed E-state index contributed by atoms with van der Waals surface area (Å²) in [6.07, 6.45) is 0.397. The summed E-state index contributed by atoms with van der Waals surface area (Å²) in [6.45, 7) is 5.67. The van der Waals surface area contributed by atoms with Gasteiger partial charge in [0.2, 0.25) is 0 Å². The molecule has 1 aromatic heterocycles. The lowest BCUT2D eigenvalue weighted by Crippen LogP contribution is -2.45. The molecule has 118 valence electrons. The normalized spacial score (nSPS) is 22.0. The number of aromatic amines is 1. The van der Waals surface area contributed by atoms with E-state index in [9.17, 15) is 9.90 Å². The van der Waals surface area contributed by atoms with E-state index in [1.807, 2.05) is 38.1 Å². The number of H-pyrrole nitrogens is 1. The zero-order valence-electron chi connectivity index (χ0n) is 13.0. The highest BCUT2D eigenvalue weighted by Gasteiger charge is 2.28. The number of hydrogen-bond acceptors (Lipinski definition) is 3. The number of aliphatic hydroxyl groups excluding tert-OH is 1. The van der Waals surface area contributed by atoms with E-state index in [1.165, 1.54) is 0 Å². The van der Waals surface area contributed by atoms with Gasteiger partial charge in [-0.2, -0.15) is 0 Å². The van der Waals surface area contributed by atoms with Gasteiger partial charge >= 0.3 is 0 Å². The molecule has 2 atom stereocenters. The first kappa shape index (κ1) is 14.9. The van der Waals surface area contributed by atoms with Crippen LogP contribution in [0.3, 0.4) is 0 Å². The highest BCUT2D eigenvalue weighted by Crippen LogP contribution is 2.24. The van der Waals surface area contributed by atoms with Gasteiger partial charge in [0.05, 0.1) is 12.7 Å². The summed E-state index contributed by atoms with van der Waals surface area (Å²) < 4.78 is 5.48. The van der Waals surface area contributed by atoms with Gasteiger partial charge < -0.3 is 19.7 Å². The third kappa shape index (κ3) is 2.81. The van der Waals surface area contributed by atoms with Crippen molar-refractivity contribution in [2.45, 2.75) is 26.4 Å². The van der Waals surface area contributed by atoms with Crippen LogP contribution in [0.15, 0.2) is 24.3 Å². The molecule has 2 unspecified atom stereocenters. The molecule has 0 radical (unpaired) electrons. The second-order valence-corrected chi connectivity index (χ2v) is 5.95. The van der Waals surface area contributed by atoms with E-state index in [0.29, 0.717) is 25.4 Å². The third-order valence-corrected chi connectivity index (χ3v) is 4.34. The van der Waals surface area contributed by atoms with Gasteiger partial charge in [-0.1, -0.05) is 6.92 Å². The molecule has 0 bridgehead atoms. The second-order valence-electron chi connectivity index (χ2n) is 5.95. The zero-order chi connectivity index (χ0) is 15.7. The molecule has 0 saturated carbocycles. The van der Waals surface area contributed by atoms with Gasteiger partial charge in [-0.25, -0.2) is 0 Å². The highest BCUT2D eigenvalue weighted by molar-refractivity contribution is 5.98. The molecular formula is C17H22N2O3. The van der Waals surface area contributed by atoms with Crippen molar-refractivity contribution in [1.82, 2.24) is 9.88 Å². The third-order valence-electron chi connectivity index (χ3n) is 4.34. The molecule has 1 aromatic carbocycles. The Labute approximate surface area is 129 Å². The fourth-order valence-corrected chi connectivity index (χ4v) is 2.88. The molecule has 5 nitrogen and oxygen atoms in total. The molecule has 1 fully saturated rings. The van der Waals surface area contributed by atoms with E-state index >= 15 is 0 Å². The Morgan fingerprint density at radius 3 is 3.00 bits per heavy atom. The number of rotatable bonds is 3. The number of carbonyl (C=O) groups excluding carboxylic acids is 1. The van der Waals surface area contributed by atoms with Gasteiger partial charge in [0.25, 0.3) is 5.91 Å². The first-order valence-corrected chi connectivity index (χ1v) is 7.81. The molecule has 1 amide bonds. The van der Waals surface area contributed by atoms with Crippen molar-refractivity contribution in [2.75, 3.05) is 19.7 Å². The lowest BCUT2D eigenvalue weighted by atomic mass is 9.96. The number of nitrogens with zero attached hydrogens (tertiary/aromatic N) is 1. The zero-order valence-corrected chi connectivity index (χ0v) is 13.0. The van der Waals surface area contributed by atoms with Gasteiger partial charge in [0.1, 0.15) is 11.4 Å². The molecule has 2 aromatic rings. The van der Waals surface area contributed by atoms with Crippen LogP contribution < -0.4 is 4.74 Å². The van der Waals surface area contributed by atoms with Gasteiger partial charge in [0.15, 0.2) is 0 Å². The van der Waals surface area contributed by atoms with Crippen molar-refractivity contribution < 1.29 is 14.6 Å². The Balaban J connectivity index is 1.82. The van der Waals surface area contributed by atoms with Gasteiger partial charge in [-0.3, -0.25) is 4.79 Å². The number of likely N-dealkylation sites (tertiary alicyclic amines) is 1. The van der Waals surface area contributed by atoms with Gasteiger partial charge in [-0.05, 0) is 37.5 Å². The van der Waals surface area contributed by atoms with E-state index in [4.69, 9.17) is 4.74 Å². The van der Waals surface area contributed by atoms with Crippen LogP contribution in [0.5, 0.6) is 5.75 Å². The molecule has 1 aliphatic rings. The quantitative estimate of drug-likeness (QED) is 0.915. The highest BCUT2D eigenvalue weighted by atomic mass is 16.5. The van der Waals surface area contributed by atoms with Crippen molar-refractivity contribution >= 4 is 16.8 Å². The van der Waals surface area contributed by atoms with Gasteiger partial charge in [0, 0.05) is 30.1 Å². The van der Waals surface area contributed by atoms with Crippen LogP contribution in [0.2, 0.25) is 0 Å². The van der Waals surface area contributed by atoms with Crippen LogP contribution >= 0.6 is 0 Å². The molecule has 2 N–H and O–H groups in total. The maximum Gasteiger partial charge on any atom is 0.270 e. The average molecular weight is 302 g/mol. The summed E-state index contributed by atoms with van der Waals surface area (Å²) in [5.74, 6) is 0.985. The van der Waals surface area contributed by atoms with Crippen LogP contribution in [-0.4, -0.2) is 46.7 Å². The Bertz CT molecular complexity index is 680. The monoisotopic (exact) mass is 302 g/mol. The largest absolute Gasteiger partial charge is 0.494 e. The Kier molecular flexibility index (Phi) is 4.07. The predicted octanol–water partition coefficient (Wildman–Crippen LogP) is 2.41. The maximum absolute atomic E-state index is 12.6. The minimum absolute atomic E-state index is 0.0555. The first-order valence-electron chi connectivity index (χ1n) is 7.81. The SMILES string of the molecule is CCOc1ccc2cc(C(=O)N3CCC(C)C(O)C3)[nH]c2c1. The number of amides is 1.